The third-order valence-electron chi connectivity index (χ3n) is 2.02. The van der Waals surface area contributed by atoms with Gasteiger partial charge in [0.15, 0.2) is 0 Å². The van der Waals surface area contributed by atoms with Gasteiger partial charge in [0, 0.05) is 12.0 Å². The van der Waals surface area contributed by atoms with Crippen LogP contribution in [0.3, 0.4) is 0 Å². The lowest BCUT2D eigenvalue weighted by Gasteiger charge is -2.09. The van der Waals surface area contributed by atoms with E-state index in [0.717, 1.165) is 6.08 Å². The number of carbonyl (C=O) groups is 2. The zero-order valence-corrected chi connectivity index (χ0v) is 6.93. The van der Waals surface area contributed by atoms with E-state index in [0.29, 0.717) is 13.0 Å². The maximum atomic E-state index is 10.6. The molecular weight excluding hydrogens is 174 g/mol. The van der Waals surface area contributed by atoms with Gasteiger partial charge < -0.3 is 15.5 Å². The summed E-state index contributed by atoms with van der Waals surface area (Å²) in [5.74, 6) is -2.19. The van der Waals surface area contributed by atoms with Crippen LogP contribution in [0.1, 0.15) is 6.42 Å². The molecule has 1 aliphatic rings. The van der Waals surface area contributed by atoms with Gasteiger partial charge >= 0.3 is 11.9 Å². The Bertz CT molecular complexity index is 249. The second-order valence-corrected chi connectivity index (χ2v) is 2.92. The van der Waals surface area contributed by atoms with E-state index >= 15 is 0 Å². The maximum Gasteiger partial charge on any atom is 0.327 e. The largest absolute Gasteiger partial charge is 0.480 e. The predicted octanol–water partition coefficient (Wildman–Crippen LogP) is -0.310. The third-order valence-corrected chi connectivity index (χ3v) is 2.02. The Kier molecular flexibility index (Phi) is 3.02. The lowest BCUT2D eigenvalue weighted by molar-refractivity contribution is -0.139. The summed E-state index contributed by atoms with van der Waals surface area (Å²) < 4.78 is 0. The molecule has 0 amide bonds. The molecular formula is C8H11NO4. The fraction of sp³-hybridized carbons (Fsp3) is 0.500. The number of carboxylic acids is 2. The van der Waals surface area contributed by atoms with Gasteiger partial charge in [-0.3, -0.25) is 4.79 Å². The molecule has 1 unspecified atom stereocenters. The van der Waals surface area contributed by atoms with Gasteiger partial charge in [-0.25, -0.2) is 4.79 Å². The summed E-state index contributed by atoms with van der Waals surface area (Å²) in [5.41, 5.74) is 0. The van der Waals surface area contributed by atoms with E-state index in [4.69, 9.17) is 10.2 Å². The highest BCUT2D eigenvalue weighted by Crippen LogP contribution is 2.16. The van der Waals surface area contributed by atoms with Crippen molar-refractivity contribution >= 4 is 11.9 Å². The van der Waals surface area contributed by atoms with Crippen molar-refractivity contribution in [3.05, 3.63) is 12.2 Å². The smallest absolute Gasteiger partial charge is 0.327 e. The van der Waals surface area contributed by atoms with Crippen LogP contribution in [0.2, 0.25) is 0 Å². The van der Waals surface area contributed by atoms with Crippen LogP contribution >= 0.6 is 0 Å². The van der Waals surface area contributed by atoms with Crippen LogP contribution in [0.5, 0.6) is 0 Å². The standard InChI is InChI=1S/C8H11NO4/c10-6(11)2-1-5-3-4-9-7(5)8(12)13/h1-2,5,7,9H,3-4H2,(H,10,11)(H,12,13)/b2-1+/t5-,7?/m0/s1. The Hall–Kier alpha value is -1.36. The predicted molar refractivity (Wildman–Crippen MR) is 44.3 cm³/mol. The molecule has 1 aliphatic heterocycles. The Morgan fingerprint density at radius 3 is 2.62 bits per heavy atom. The molecule has 0 saturated carbocycles. The lowest BCUT2D eigenvalue weighted by atomic mass is 10.0. The summed E-state index contributed by atoms with van der Waals surface area (Å²) in [4.78, 5) is 20.8. The van der Waals surface area contributed by atoms with Gasteiger partial charge in [-0.15, -0.1) is 0 Å². The van der Waals surface area contributed by atoms with Crippen molar-refractivity contribution in [1.29, 1.82) is 0 Å². The van der Waals surface area contributed by atoms with Crippen molar-refractivity contribution in [1.82, 2.24) is 5.32 Å². The van der Waals surface area contributed by atoms with Gasteiger partial charge in [-0.05, 0) is 13.0 Å². The molecule has 0 bridgehead atoms. The normalized spacial score (nSPS) is 28.0. The molecule has 3 N–H and O–H groups in total. The molecule has 0 radical (unpaired) electrons. The van der Waals surface area contributed by atoms with Crippen LogP contribution < -0.4 is 5.32 Å². The average molecular weight is 185 g/mol. The van der Waals surface area contributed by atoms with Gasteiger partial charge in [0.25, 0.3) is 0 Å². The number of hydrogen-bond acceptors (Lipinski definition) is 3. The highest BCUT2D eigenvalue weighted by molar-refractivity contribution is 5.80. The highest BCUT2D eigenvalue weighted by Gasteiger charge is 2.30. The van der Waals surface area contributed by atoms with Crippen LogP contribution in [0.15, 0.2) is 12.2 Å². The van der Waals surface area contributed by atoms with Gasteiger partial charge in [-0.1, -0.05) is 6.08 Å². The molecule has 0 aromatic rings. The summed E-state index contributed by atoms with van der Waals surface area (Å²) in [7, 11) is 0. The van der Waals surface area contributed by atoms with E-state index in [9.17, 15) is 9.59 Å². The minimum Gasteiger partial charge on any atom is -0.480 e. The second kappa shape index (κ2) is 4.04. The lowest BCUT2D eigenvalue weighted by Crippen LogP contribution is -2.34. The summed E-state index contributed by atoms with van der Waals surface area (Å²) in [6.45, 7) is 0.617. The van der Waals surface area contributed by atoms with E-state index in [1.807, 2.05) is 0 Å². The van der Waals surface area contributed by atoms with Crippen LogP contribution in [-0.2, 0) is 9.59 Å². The van der Waals surface area contributed by atoms with E-state index < -0.39 is 18.0 Å². The topological polar surface area (TPSA) is 86.6 Å². The van der Waals surface area contributed by atoms with Crippen molar-refractivity contribution in [3.63, 3.8) is 0 Å². The summed E-state index contributed by atoms with van der Waals surface area (Å²) in [5, 5.41) is 19.8. The summed E-state index contributed by atoms with van der Waals surface area (Å²) in [6, 6.07) is -0.643. The van der Waals surface area contributed by atoms with Crippen LogP contribution in [0.25, 0.3) is 0 Å². The fourth-order valence-corrected chi connectivity index (χ4v) is 1.41. The van der Waals surface area contributed by atoms with Crippen LogP contribution in [-0.4, -0.2) is 34.7 Å². The SMILES string of the molecule is O=C(O)/C=C/[C@H]1CCNC1C(=O)O. The number of carboxylic acid groups (broad SMARTS) is 2. The zero-order valence-electron chi connectivity index (χ0n) is 6.93. The van der Waals surface area contributed by atoms with Gasteiger partial charge in [-0.2, -0.15) is 0 Å². The second-order valence-electron chi connectivity index (χ2n) is 2.92. The minimum absolute atomic E-state index is 0.214. The zero-order chi connectivity index (χ0) is 9.84. The quantitative estimate of drug-likeness (QED) is 0.525. The molecule has 13 heavy (non-hydrogen) atoms. The average Bonchev–Trinajstić information content (AvgIpc) is 2.47. The van der Waals surface area contributed by atoms with Crippen molar-refractivity contribution in [3.8, 4) is 0 Å². The molecule has 0 aromatic heterocycles. The van der Waals surface area contributed by atoms with Crippen molar-refractivity contribution in [2.24, 2.45) is 5.92 Å². The number of rotatable bonds is 3. The molecule has 1 heterocycles. The molecule has 1 fully saturated rings. The molecule has 2 atom stereocenters. The number of aliphatic carboxylic acids is 2. The van der Waals surface area contributed by atoms with E-state index in [2.05, 4.69) is 5.32 Å². The Balaban J connectivity index is 2.58. The molecule has 0 aliphatic carbocycles. The molecule has 1 rings (SSSR count). The molecule has 1 saturated heterocycles. The van der Waals surface area contributed by atoms with E-state index in [1.165, 1.54) is 6.08 Å². The van der Waals surface area contributed by atoms with Gasteiger partial charge in [0.1, 0.15) is 6.04 Å². The van der Waals surface area contributed by atoms with Crippen molar-refractivity contribution in [2.45, 2.75) is 12.5 Å². The monoisotopic (exact) mass is 185 g/mol. The third kappa shape index (κ3) is 2.55. The molecule has 5 heteroatoms. The Morgan fingerprint density at radius 2 is 2.08 bits per heavy atom. The first-order valence-electron chi connectivity index (χ1n) is 3.98. The summed E-state index contributed by atoms with van der Waals surface area (Å²) >= 11 is 0. The Labute approximate surface area is 75.1 Å². The fourth-order valence-electron chi connectivity index (χ4n) is 1.41. The van der Waals surface area contributed by atoms with Crippen LogP contribution in [0, 0.1) is 5.92 Å². The van der Waals surface area contributed by atoms with Crippen molar-refractivity contribution in [2.75, 3.05) is 6.54 Å². The molecule has 0 aromatic carbocycles. The number of nitrogens with one attached hydrogen (secondary N) is 1. The first-order chi connectivity index (χ1) is 6.11. The van der Waals surface area contributed by atoms with Gasteiger partial charge in [0.05, 0.1) is 0 Å². The Morgan fingerprint density at radius 1 is 1.38 bits per heavy atom. The first kappa shape index (κ1) is 9.73. The maximum absolute atomic E-state index is 10.6. The molecule has 0 spiro atoms. The molecule has 72 valence electrons. The van der Waals surface area contributed by atoms with Crippen molar-refractivity contribution < 1.29 is 19.8 Å². The van der Waals surface area contributed by atoms with E-state index in [-0.39, 0.29) is 5.92 Å². The first-order valence-corrected chi connectivity index (χ1v) is 3.98. The van der Waals surface area contributed by atoms with E-state index in [1.54, 1.807) is 0 Å². The summed E-state index contributed by atoms with van der Waals surface area (Å²) in [6.07, 6.45) is 3.09. The highest BCUT2D eigenvalue weighted by atomic mass is 16.4. The molecule has 5 nitrogen and oxygen atoms in total. The number of hydrogen-bond donors (Lipinski definition) is 3. The van der Waals surface area contributed by atoms with Gasteiger partial charge in [0.2, 0.25) is 0 Å². The minimum atomic E-state index is -1.05. The van der Waals surface area contributed by atoms with Crippen LogP contribution in [0.4, 0.5) is 0 Å².